The van der Waals surface area contributed by atoms with Gasteiger partial charge in [-0.25, -0.2) is 0 Å². The molecular formula is C28H20O. The van der Waals surface area contributed by atoms with E-state index in [1.165, 1.54) is 11.1 Å². The van der Waals surface area contributed by atoms with Crippen LogP contribution in [-0.4, -0.2) is 0 Å². The molecule has 0 atom stereocenters. The molecule has 1 aromatic heterocycles. The van der Waals surface area contributed by atoms with Crippen molar-refractivity contribution in [1.29, 1.82) is 0 Å². The van der Waals surface area contributed by atoms with E-state index in [-0.39, 0.29) is 0 Å². The molecule has 0 radical (unpaired) electrons. The first-order valence-corrected chi connectivity index (χ1v) is 9.78. The Bertz CT molecular complexity index is 1220. The summed E-state index contributed by atoms with van der Waals surface area (Å²) in [4.78, 5) is 0. The van der Waals surface area contributed by atoms with E-state index in [9.17, 15) is 0 Å². The largest absolute Gasteiger partial charge is 0.456 e. The average Bonchev–Trinajstić information content (AvgIpc) is 3.15. The topological polar surface area (TPSA) is 13.1 Å². The summed E-state index contributed by atoms with van der Waals surface area (Å²) >= 11 is 0. The van der Waals surface area contributed by atoms with E-state index >= 15 is 0 Å². The van der Waals surface area contributed by atoms with Crippen LogP contribution in [0.3, 0.4) is 0 Å². The van der Waals surface area contributed by atoms with Crippen molar-refractivity contribution in [2.75, 3.05) is 0 Å². The molecule has 0 saturated carbocycles. The second-order valence-corrected chi connectivity index (χ2v) is 7.10. The Hall–Kier alpha value is -3.84. The molecule has 0 spiro atoms. The van der Waals surface area contributed by atoms with Crippen LogP contribution >= 0.6 is 0 Å². The molecule has 0 N–H and O–H groups in total. The van der Waals surface area contributed by atoms with Crippen molar-refractivity contribution in [3.63, 3.8) is 0 Å². The van der Waals surface area contributed by atoms with Crippen LogP contribution in [0, 0.1) is 0 Å². The van der Waals surface area contributed by atoms with Gasteiger partial charge in [0.25, 0.3) is 0 Å². The number of rotatable bonds is 4. The third-order valence-electron chi connectivity index (χ3n) is 5.05. The highest BCUT2D eigenvalue weighted by Gasteiger charge is 2.07. The normalized spacial score (nSPS) is 11.9. The van der Waals surface area contributed by atoms with Crippen molar-refractivity contribution >= 4 is 46.2 Å². The summed E-state index contributed by atoms with van der Waals surface area (Å²) in [5, 5.41) is 2.29. The Balaban J connectivity index is 1.51. The van der Waals surface area contributed by atoms with Crippen molar-refractivity contribution in [3.8, 4) is 0 Å². The van der Waals surface area contributed by atoms with Gasteiger partial charge < -0.3 is 4.42 Å². The van der Waals surface area contributed by atoms with Crippen molar-refractivity contribution in [2.45, 2.75) is 0 Å². The van der Waals surface area contributed by atoms with Crippen LogP contribution < -0.4 is 0 Å². The molecule has 5 aromatic rings. The van der Waals surface area contributed by atoms with Crippen LogP contribution in [0.15, 0.2) is 101 Å². The van der Waals surface area contributed by atoms with E-state index in [1.54, 1.807) is 0 Å². The van der Waals surface area contributed by atoms with Gasteiger partial charge in [0, 0.05) is 10.8 Å². The molecule has 1 heterocycles. The van der Waals surface area contributed by atoms with E-state index in [2.05, 4.69) is 109 Å². The summed E-state index contributed by atoms with van der Waals surface area (Å²) in [6.07, 6.45) is 8.56. The Kier molecular flexibility index (Phi) is 4.56. The van der Waals surface area contributed by atoms with Crippen LogP contribution in [0.25, 0.3) is 46.2 Å². The SMILES string of the molecule is C(=C/c1ccc2oc3ccc(/C=C/c4ccccc4)cc3c2c1)/c1ccccc1. The lowest BCUT2D eigenvalue weighted by molar-refractivity contribution is 0.669. The van der Waals surface area contributed by atoms with Gasteiger partial charge in [-0.2, -0.15) is 0 Å². The Morgan fingerprint density at radius 2 is 0.828 bits per heavy atom. The van der Waals surface area contributed by atoms with Crippen LogP contribution in [0.4, 0.5) is 0 Å². The monoisotopic (exact) mass is 372 g/mol. The lowest BCUT2D eigenvalue weighted by Crippen LogP contribution is -1.75. The van der Waals surface area contributed by atoms with Crippen molar-refractivity contribution in [1.82, 2.24) is 0 Å². The summed E-state index contributed by atoms with van der Waals surface area (Å²) in [7, 11) is 0. The highest BCUT2D eigenvalue weighted by atomic mass is 16.3. The zero-order chi connectivity index (χ0) is 19.5. The molecule has 0 unspecified atom stereocenters. The number of furan rings is 1. The Labute approximate surface area is 170 Å². The van der Waals surface area contributed by atoms with E-state index in [0.717, 1.165) is 33.1 Å². The standard InChI is InChI=1S/C28H20O/c1-3-7-21(8-4-1)11-13-23-15-17-27-25(19-23)26-20-24(16-18-28(26)29-27)14-12-22-9-5-2-6-10-22/h1-20H/b13-11-,14-12+. The predicted molar refractivity (Wildman–Crippen MR) is 124 cm³/mol. The summed E-state index contributed by atoms with van der Waals surface area (Å²) in [5.41, 5.74) is 6.54. The maximum atomic E-state index is 6.04. The highest BCUT2D eigenvalue weighted by Crippen LogP contribution is 2.31. The molecule has 1 heteroatoms. The van der Waals surface area contributed by atoms with Gasteiger partial charge in [0.2, 0.25) is 0 Å². The van der Waals surface area contributed by atoms with Gasteiger partial charge in [0.05, 0.1) is 0 Å². The van der Waals surface area contributed by atoms with Crippen molar-refractivity contribution in [2.24, 2.45) is 0 Å². The molecule has 0 aliphatic rings. The zero-order valence-electron chi connectivity index (χ0n) is 16.0. The third-order valence-corrected chi connectivity index (χ3v) is 5.05. The van der Waals surface area contributed by atoms with Gasteiger partial charge in [0.15, 0.2) is 0 Å². The Morgan fingerprint density at radius 3 is 1.28 bits per heavy atom. The molecule has 5 rings (SSSR count). The van der Waals surface area contributed by atoms with Crippen LogP contribution in [-0.2, 0) is 0 Å². The lowest BCUT2D eigenvalue weighted by Gasteiger charge is -1.97. The summed E-state index contributed by atoms with van der Waals surface area (Å²) in [5.74, 6) is 0. The third kappa shape index (κ3) is 3.76. The van der Waals surface area contributed by atoms with Crippen LogP contribution in [0.1, 0.15) is 22.3 Å². The number of benzene rings is 4. The molecule has 0 saturated heterocycles. The van der Waals surface area contributed by atoms with Gasteiger partial charge >= 0.3 is 0 Å². The van der Waals surface area contributed by atoms with Gasteiger partial charge in [-0.15, -0.1) is 0 Å². The first kappa shape index (κ1) is 17.3. The second kappa shape index (κ2) is 7.65. The molecule has 0 amide bonds. The molecule has 0 bridgehead atoms. The highest BCUT2D eigenvalue weighted by molar-refractivity contribution is 6.06. The molecule has 138 valence electrons. The van der Waals surface area contributed by atoms with E-state index in [4.69, 9.17) is 4.42 Å². The molecule has 1 nitrogen and oxygen atoms in total. The maximum absolute atomic E-state index is 6.04. The minimum Gasteiger partial charge on any atom is -0.456 e. The fraction of sp³-hybridized carbons (Fsp3) is 0. The molecule has 0 aliphatic carbocycles. The van der Waals surface area contributed by atoms with E-state index in [1.807, 2.05) is 12.1 Å². The second-order valence-electron chi connectivity index (χ2n) is 7.10. The van der Waals surface area contributed by atoms with Crippen LogP contribution in [0.5, 0.6) is 0 Å². The smallest absolute Gasteiger partial charge is 0.135 e. The molecular weight excluding hydrogens is 352 g/mol. The summed E-state index contributed by atoms with van der Waals surface area (Å²) in [6.45, 7) is 0. The molecule has 0 aliphatic heterocycles. The fourth-order valence-electron chi connectivity index (χ4n) is 3.53. The minimum atomic E-state index is 0.918. The van der Waals surface area contributed by atoms with Gasteiger partial charge in [-0.3, -0.25) is 0 Å². The van der Waals surface area contributed by atoms with Gasteiger partial charge in [-0.1, -0.05) is 97.1 Å². The van der Waals surface area contributed by atoms with E-state index in [0.29, 0.717) is 0 Å². The summed E-state index contributed by atoms with van der Waals surface area (Å²) < 4.78 is 6.04. The predicted octanol–water partition coefficient (Wildman–Crippen LogP) is 7.93. The fourth-order valence-corrected chi connectivity index (χ4v) is 3.53. The molecule has 4 aromatic carbocycles. The molecule has 29 heavy (non-hydrogen) atoms. The number of hydrogen-bond donors (Lipinski definition) is 0. The number of fused-ring (bicyclic) bond motifs is 3. The zero-order valence-corrected chi connectivity index (χ0v) is 16.0. The first-order valence-electron chi connectivity index (χ1n) is 9.78. The maximum Gasteiger partial charge on any atom is 0.135 e. The first-order chi connectivity index (χ1) is 14.3. The van der Waals surface area contributed by atoms with Gasteiger partial charge in [0.1, 0.15) is 11.2 Å². The minimum absolute atomic E-state index is 0.918. The van der Waals surface area contributed by atoms with E-state index < -0.39 is 0 Å². The Morgan fingerprint density at radius 1 is 0.414 bits per heavy atom. The molecule has 0 fully saturated rings. The lowest BCUT2D eigenvalue weighted by atomic mass is 10.1. The average molecular weight is 372 g/mol. The van der Waals surface area contributed by atoms with Crippen molar-refractivity contribution < 1.29 is 4.42 Å². The van der Waals surface area contributed by atoms with Crippen molar-refractivity contribution in [3.05, 3.63) is 119 Å². The number of hydrogen-bond acceptors (Lipinski definition) is 1. The van der Waals surface area contributed by atoms with Gasteiger partial charge in [-0.05, 0) is 46.5 Å². The summed E-state index contributed by atoms with van der Waals surface area (Å²) in [6, 6.07) is 33.4. The van der Waals surface area contributed by atoms with Crippen LogP contribution in [0.2, 0.25) is 0 Å². The quantitative estimate of drug-likeness (QED) is 0.292.